The number of aromatic nitrogens is 2. The fourth-order valence-electron chi connectivity index (χ4n) is 3.78. The average Bonchev–Trinajstić information content (AvgIpc) is 3.05. The smallest absolute Gasteiger partial charge is 0.357 e. The monoisotopic (exact) mass is 370 g/mol. The molecule has 1 saturated carbocycles. The van der Waals surface area contributed by atoms with Crippen molar-refractivity contribution in [3.63, 3.8) is 0 Å². The number of halogens is 3. The molecule has 2 aromatic rings. The van der Waals surface area contributed by atoms with E-state index in [1.807, 2.05) is 4.90 Å². The molecule has 3 heterocycles. The Morgan fingerprint density at radius 3 is 2.72 bits per heavy atom. The minimum Gasteiger partial charge on any atom is -0.357 e. The molecule has 1 aliphatic carbocycles. The van der Waals surface area contributed by atoms with Crippen molar-refractivity contribution in [2.45, 2.75) is 31.9 Å². The number of Topliss-reactive ketones (excluding diaryl/α,β-unsaturated/α-hetero) is 1. The van der Waals surface area contributed by atoms with Gasteiger partial charge in [-0.25, -0.2) is 4.98 Å². The summed E-state index contributed by atoms with van der Waals surface area (Å²) in [5.41, 5.74) is 0.0268. The van der Waals surface area contributed by atoms with E-state index in [0.717, 1.165) is 30.8 Å². The van der Waals surface area contributed by atoms with Gasteiger partial charge in [0.2, 0.25) is 5.95 Å². The fourth-order valence-corrected chi connectivity index (χ4v) is 4.83. The van der Waals surface area contributed by atoms with Crippen molar-refractivity contribution in [2.24, 2.45) is 5.41 Å². The zero-order valence-electron chi connectivity index (χ0n) is 13.6. The standard InChI is InChI=1S/C16H17F3N4OS/c1-20-14-21-12(23-7-15(8-23)3-2-9(24)5-15)11-4-10(6-16(17,18)19)25-13(11)22-14/h4H,2-3,5-8H2,1H3,(H,20,21,22). The van der Waals surface area contributed by atoms with Gasteiger partial charge >= 0.3 is 6.18 Å². The molecule has 0 aromatic carbocycles. The molecule has 0 amide bonds. The average molecular weight is 370 g/mol. The third kappa shape index (κ3) is 3.05. The van der Waals surface area contributed by atoms with E-state index in [2.05, 4.69) is 15.3 Å². The number of thiophene rings is 1. The lowest BCUT2D eigenvalue weighted by molar-refractivity contribution is -0.126. The zero-order valence-corrected chi connectivity index (χ0v) is 14.4. The van der Waals surface area contributed by atoms with Crippen molar-refractivity contribution in [3.8, 4) is 0 Å². The number of nitrogens with zero attached hydrogens (tertiary/aromatic N) is 3. The lowest BCUT2D eigenvalue weighted by Crippen LogP contribution is -2.55. The summed E-state index contributed by atoms with van der Waals surface area (Å²) in [6, 6.07) is 1.55. The number of alkyl halides is 3. The highest BCUT2D eigenvalue weighted by Gasteiger charge is 2.48. The Morgan fingerprint density at radius 2 is 2.12 bits per heavy atom. The van der Waals surface area contributed by atoms with Crippen molar-refractivity contribution in [2.75, 3.05) is 30.4 Å². The highest BCUT2D eigenvalue weighted by molar-refractivity contribution is 7.18. The second-order valence-electron chi connectivity index (χ2n) is 6.92. The van der Waals surface area contributed by atoms with Crippen LogP contribution in [0.15, 0.2) is 6.07 Å². The first-order valence-corrected chi connectivity index (χ1v) is 8.90. The molecule has 134 valence electrons. The summed E-state index contributed by atoms with van der Waals surface area (Å²) in [7, 11) is 1.68. The van der Waals surface area contributed by atoms with Gasteiger partial charge in [-0.15, -0.1) is 11.3 Å². The predicted molar refractivity (Wildman–Crippen MR) is 90.2 cm³/mol. The molecule has 1 aliphatic heterocycles. The molecule has 2 aromatic heterocycles. The molecule has 25 heavy (non-hydrogen) atoms. The minimum atomic E-state index is -4.24. The molecule has 0 radical (unpaired) electrons. The van der Waals surface area contributed by atoms with Crippen LogP contribution in [0.25, 0.3) is 10.2 Å². The molecule has 0 bridgehead atoms. The number of fused-ring (bicyclic) bond motifs is 1. The highest BCUT2D eigenvalue weighted by atomic mass is 32.1. The number of hydrogen-bond acceptors (Lipinski definition) is 6. The Labute approximate surface area is 146 Å². The van der Waals surface area contributed by atoms with E-state index in [9.17, 15) is 18.0 Å². The van der Waals surface area contributed by atoms with Crippen molar-refractivity contribution >= 4 is 39.1 Å². The Bertz CT molecular complexity index is 842. The summed E-state index contributed by atoms with van der Waals surface area (Å²) in [5.74, 6) is 1.35. The summed E-state index contributed by atoms with van der Waals surface area (Å²) in [4.78, 5) is 23.2. The molecule has 0 atom stereocenters. The van der Waals surface area contributed by atoms with Crippen molar-refractivity contribution in [3.05, 3.63) is 10.9 Å². The zero-order chi connectivity index (χ0) is 17.8. The number of carbonyl (C=O) groups excluding carboxylic acids is 1. The van der Waals surface area contributed by atoms with Gasteiger partial charge in [-0.1, -0.05) is 0 Å². The van der Waals surface area contributed by atoms with Crippen LogP contribution < -0.4 is 10.2 Å². The van der Waals surface area contributed by atoms with Gasteiger partial charge < -0.3 is 10.2 Å². The van der Waals surface area contributed by atoms with Crippen LogP contribution in [0, 0.1) is 5.41 Å². The maximum atomic E-state index is 12.7. The second-order valence-corrected chi connectivity index (χ2v) is 8.03. The van der Waals surface area contributed by atoms with Crippen LogP contribution >= 0.6 is 11.3 Å². The molecule has 5 nitrogen and oxygen atoms in total. The molecule has 1 saturated heterocycles. The van der Waals surface area contributed by atoms with Crippen molar-refractivity contribution in [1.29, 1.82) is 0 Å². The lowest BCUT2D eigenvalue weighted by atomic mass is 9.78. The summed E-state index contributed by atoms with van der Waals surface area (Å²) >= 11 is 1.05. The topological polar surface area (TPSA) is 58.1 Å². The molecule has 2 fully saturated rings. The first-order chi connectivity index (χ1) is 11.8. The van der Waals surface area contributed by atoms with E-state index in [-0.39, 0.29) is 10.3 Å². The van der Waals surface area contributed by atoms with Crippen LogP contribution in [-0.4, -0.2) is 42.1 Å². The largest absolute Gasteiger partial charge is 0.393 e. The van der Waals surface area contributed by atoms with E-state index >= 15 is 0 Å². The molecular formula is C16H17F3N4OS. The van der Waals surface area contributed by atoms with Gasteiger partial charge in [0.25, 0.3) is 0 Å². The third-order valence-electron chi connectivity index (χ3n) is 4.88. The first-order valence-electron chi connectivity index (χ1n) is 8.09. The van der Waals surface area contributed by atoms with Crippen molar-refractivity contribution in [1.82, 2.24) is 9.97 Å². The number of anilines is 2. The second kappa shape index (κ2) is 5.55. The molecule has 1 spiro atoms. The molecular weight excluding hydrogens is 353 g/mol. The van der Waals surface area contributed by atoms with E-state index in [1.54, 1.807) is 13.1 Å². The van der Waals surface area contributed by atoms with Crippen LogP contribution in [-0.2, 0) is 11.2 Å². The van der Waals surface area contributed by atoms with Crippen molar-refractivity contribution < 1.29 is 18.0 Å². The summed E-state index contributed by atoms with van der Waals surface area (Å²) < 4.78 is 38.1. The number of carbonyl (C=O) groups is 1. The Hall–Kier alpha value is -1.90. The maximum Gasteiger partial charge on any atom is 0.393 e. The van der Waals surface area contributed by atoms with Crippen LogP contribution in [0.4, 0.5) is 24.9 Å². The molecule has 9 heteroatoms. The van der Waals surface area contributed by atoms with E-state index in [0.29, 0.717) is 40.6 Å². The van der Waals surface area contributed by atoms with E-state index < -0.39 is 12.6 Å². The normalized spacial score (nSPS) is 19.7. The molecule has 1 N–H and O–H groups in total. The number of hydrogen-bond donors (Lipinski definition) is 1. The Morgan fingerprint density at radius 1 is 1.36 bits per heavy atom. The van der Waals surface area contributed by atoms with E-state index in [1.165, 1.54) is 0 Å². The Balaban J connectivity index is 1.67. The summed E-state index contributed by atoms with van der Waals surface area (Å²) in [6.07, 6.45) is -3.09. The van der Waals surface area contributed by atoms with Gasteiger partial charge in [0.1, 0.15) is 16.4 Å². The molecule has 4 rings (SSSR count). The quantitative estimate of drug-likeness (QED) is 0.897. The number of nitrogens with one attached hydrogen (secondary N) is 1. The fraction of sp³-hybridized carbons (Fsp3) is 0.562. The van der Waals surface area contributed by atoms with Gasteiger partial charge in [0.15, 0.2) is 0 Å². The van der Waals surface area contributed by atoms with Crippen LogP contribution in [0.5, 0.6) is 0 Å². The third-order valence-corrected chi connectivity index (χ3v) is 5.91. The number of rotatable bonds is 3. The summed E-state index contributed by atoms with van der Waals surface area (Å²) in [5, 5.41) is 3.52. The Kier molecular flexibility index (Phi) is 3.68. The maximum absolute atomic E-state index is 12.7. The van der Waals surface area contributed by atoms with Crippen LogP contribution in [0.2, 0.25) is 0 Å². The van der Waals surface area contributed by atoms with Gasteiger partial charge in [0.05, 0.1) is 11.8 Å². The lowest BCUT2D eigenvalue weighted by Gasteiger charge is -2.48. The van der Waals surface area contributed by atoms with Gasteiger partial charge in [-0.05, 0) is 12.5 Å². The SMILES string of the molecule is CNc1nc(N2CC3(CCC(=O)C3)C2)c2cc(CC(F)(F)F)sc2n1. The van der Waals surface area contributed by atoms with Gasteiger partial charge in [-0.3, -0.25) is 4.79 Å². The van der Waals surface area contributed by atoms with Gasteiger partial charge in [-0.2, -0.15) is 18.2 Å². The molecule has 2 aliphatic rings. The first kappa shape index (κ1) is 16.6. The van der Waals surface area contributed by atoms with Crippen LogP contribution in [0.3, 0.4) is 0 Å². The molecule has 0 unspecified atom stereocenters. The van der Waals surface area contributed by atoms with Gasteiger partial charge in [0, 0.05) is 43.3 Å². The minimum absolute atomic E-state index is 0.0268. The predicted octanol–water partition coefficient (Wildman–Crippen LogP) is 3.40. The summed E-state index contributed by atoms with van der Waals surface area (Å²) in [6.45, 7) is 1.44. The number of ketones is 1. The van der Waals surface area contributed by atoms with Crippen LogP contribution in [0.1, 0.15) is 24.1 Å². The highest BCUT2D eigenvalue weighted by Crippen LogP contribution is 2.47. The van der Waals surface area contributed by atoms with E-state index in [4.69, 9.17) is 0 Å².